The Labute approximate surface area is 384 Å². The van der Waals surface area contributed by atoms with Crippen LogP contribution >= 0.6 is 11.3 Å². The first-order chi connectivity index (χ1) is 31.4. The molecular formula is C48H61N11O5S. The summed E-state index contributed by atoms with van der Waals surface area (Å²) in [6.45, 7) is 11.8. The van der Waals surface area contributed by atoms with Gasteiger partial charge in [0.25, 0.3) is 17.4 Å². The van der Waals surface area contributed by atoms with Crippen LogP contribution in [0.3, 0.4) is 0 Å². The van der Waals surface area contributed by atoms with Crippen LogP contribution in [0.4, 0.5) is 22.6 Å². The molecule has 7 rings (SSSR count). The molecule has 2 fully saturated rings. The number of anilines is 4. The van der Waals surface area contributed by atoms with Gasteiger partial charge in [0.2, 0.25) is 11.9 Å². The average molecular weight is 904 g/mol. The van der Waals surface area contributed by atoms with E-state index in [9.17, 15) is 24.0 Å². The Morgan fingerprint density at radius 1 is 0.785 bits per heavy atom. The molecule has 2 aliphatic rings. The van der Waals surface area contributed by atoms with E-state index in [1.54, 1.807) is 42.1 Å². The number of unbranched alkanes of at least 4 members (excludes halogenated alkanes) is 6. The van der Waals surface area contributed by atoms with E-state index in [0.717, 1.165) is 113 Å². The standard InChI is InChI=1S/C48H61N11O5S/c1-31-26-35(16-18-38(31)45(63)56-48-53-27-32(2)65-48)44(62)50-21-13-9-7-5-6-8-12-20-49-41(61)30-57-22-24-58(25-23-57)37-17-19-40(51-28-37)54-47-52-29-39-33(3)42(34(4)60)46(64)59(43(39)55-47)36-14-10-11-15-36/h16-19,26-29,36H,5-15,20-25,30H2,1-4H3,(H,49,61)(H,50,62)(H,53,56,63)(H,51,52,54,55). The first-order valence-electron chi connectivity index (χ1n) is 23.0. The van der Waals surface area contributed by atoms with E-state index in [-0.39, 0.29) is 40.7 Å². The Morgan fingerprint density at radius 3 is 2.14 bits per heavy atom. The van der Waals surface area contributed by atoms with Crippen molar-refractivity contribution in [3.05, 3.63) is 92.0 Å². The Bertz CT molecular complexity index is 2540. The number of piperazine rings is 1. The largest absolute Gasteiger partial charge is 0.368 e. The fourth-order valence-corrected chi connectivity index (χ4v) is 9.46. The number of rotatable bonds is 20. The molecule has 1 saturated heterocycles. The second-order valence-electron chi connectivity index (χ2n) is 17.2. The molecule has 0 unspecified atom stereocenters. The molecule has 65 heavy (non-hydrogen) atoms. The summed E-state index contributed by atoms with van der Waals surface area (Å²) in [7, 11) is 0. The number of nitrogens with one attached hydrogen (secondary N) is 4. The third-order valence-corrected chi connectivity index (χ3v) is 13.2. The third-order valence-electron chi connectivity index (χ3n) is 12.4. The number of nitrogens with zero attached hydrogens (tertiary/aromatic N) is 7. The third kappa shape index (κ3) is 12.2. The van der Waals surface area contributed by atoms with Gasteiger partial charge in [0.15, 0.2) is 10.9 Å². The molecule has 1 aromatic carbocycles. The first-order valence-corrected chi connectivity index (χ1v) is 23.8. The van der Waals surface area contributed by atoms with E-state index in [4.69, 9.17) is 4.98 Å². The summed E-state index contributed by atoms with van der Waals surface area (Å²) in [5.41, 5.74) is 3.86. The van der Waals surface area contributed by atoms with E-state index in [0.29, 0.717) is 64.3 Å². The Hall–Kier alpha value is -6.07. The Morgan fingerprint density at radius 2 is 1.49 bits per heavy atom. The number of benzene rings is 1. The summed E-state index contributed by atoms with van der Waals surface area (Å²) in [5, 5.41) is 13.4. The smallest absolute Gasteiger partial charge is 0.263 e. The summed E-state index contributed by atoms with van der Waals surface area (Å²) in [6, 6.07) is 9.02. The molecule has 4 aromatic heterocycles. The van der Waals surface area contributed by atoms with Crippen molar-refractivity contribution in [2.45, 2.75) is 104 Å². The molecule has 1 saturated carbocycles. The molecule has 0 radical (unpaired) electrons. The van der Waals surface area contributed by atoms with Crippen LogP contribution in [0, 0.1) is 20.8 Å². The molecule has 4 N–H and O–H groups in total. The zero-order valence-corrected chi connectivity index (χ0v) is 38.8. The number of pyridine rings is 2. The maximum atomic E-state index is 13.6. The summed E-state index contributed by atoms with van der Waals surface area (Å²) in [5.74, 6) is 0.349. The number of amides is 3. The molecular weight excluding hydrogens is 843 g/mol. The number of carbonyl (C=O) groups excluding carboxylic acids is 4. The van der Waals surface area contributed by atoms with Crippen LogP contribution in [0.5, 0.6) is 0 Å². The number of fused-ring (bicyclic) bond motifs is 1. The molecule has 5 heterocycles. The van der Waals surface area contributed by atoms with Crippen molar-refractivity contribution >= 4 is 68.5 Å². The molecule has 16 nitrogen and oxygen atoms in total. The fourth-order valence-electron chi connectivity index (χ4n) is 8.80. The lowest BCUT2D eigenvalue weighted by Crippen LogP contribution is -2.49. The van der Waals surface area contributed by atoms with Crippen molar-refractivity contribution in [1.29, 1.82) is 0 Å². The number of aromatic nitrogens is 5. The summed E-state index contributed by atoms with van der Waals surface area (Å²) in [4.78, 5) is 87.7. The average Bonchev–Trinajstić information content (AvgIpc) is 3.97. The normalized spacial score (nSPS) is 14.4. The van der Waals surface area contributed by atoms with Crippen LogP contribution in [-0.4, -0.2) is 98.7 Å². The highest BCUT2D eigenvalue weighted by Gasteiger charge is 2.26. The molecule has 3 amide bonds. The van der Waals surface area contributed by atoms with Crippen molar-refractivity contribution in [3.63, 3.8) is 0 Å². The highest BCUT2D eigenvalue weighted by Crippen LogP contribution is 2.32. The van der Waals surface area contributed by atoms with Gasteiger partial charge in [-0.1, -0.05) is 44.9 Å². The number of hydrogen-bond acceptors (Lipinski definition) is 13. The predicted molar refractivity (Wildman–Crippen MR) is 256 cm³/mol. The molecule has 0 spiro atoms. The molecule has 5 aromatic rings. The van der Waals surface area contributed by atoms with Gasteiger partial charge in [-0.3, -0.25) is 38.8 Å². The van der Waals surface area contributed by atoms with Crippen LogP contribution in [0.25, 0.3) is 11.0 Å². The van der Waals surface area contributed by atoms with Gasteiger partial charge < -0.3 is 20.9 Å². The van der Waals surface area contributed by atoms with Gasteiger partial charge in [0.1, 0.15) is 11.5 Å². The highest BCUT2D eigenvalue weighted by molar-refractivity contribution is 7.15. The lowest BCUT2D eigenvalue weighted by molar-refractivity contribution is -0.122. The van der Waals surface area contributed by atoms with Gasteiger partial charge in [-0.25, -0.2) is 15.0 Å². The minimum atomic E-state index is -0.278. The van der Waals surface area contributed by atoms with E-state index < -0.39 is 0 Å². The van der Waals surface area contributed by atoms with Crippen molar-refractivity contribution in [1.82, 2.24) is 40.0 Å². The van der Waals surface area contributed by atoms with E-state index >= 15 is 0 Å². The van der Waals surface area contributed by atoms with E-state index in [2.05, 4.69) is 46.0 Å². The summed E-state index contributed by atoms with van der Waals surface area (Å²) in [6.07, 6.45) is 16.4. The predicted octanol–water partition coefficient (Wildman–Crippen LogP) is 7.28. The Balaban J connectivity index is 0.740. The zero-order chi connectivity index (χ0) is 45.9. The fraction of sp³-hybridized carbons (Fsp3) is 0.479. The number of aryl methyl sites for hydroxylation is 3. The minimum Gasteiger partial charge on any atom is -0.368 e. The summed E-state index contributed by atoms with van der Waals surface area (Å²) >= 11 is 1.42. The minimum absolute atomic E-state index is 0.00522. The number of carbonyl (C=O) groups is 4. The van der Waals surface area contributed by atoms with Gasteiger partial charge in [0, 0.05) is 79.1 Å². The lowest BCUT2D eigenvalue weighted by Gasteiger charge is -2.35. The number of ketones is 1. The van der Waals surface area contributed by atoms with Gasteiger partial charge in [-0.05, 0) is 94.8 Å². The topological polar surface area (TPSA) is 196 Å². The van der Waals surface area contributed by atoms with Crippen molar-refractivity contribution in [2.24, 2.45) is 0 Å². The van der Waals surface area contributed by atoms with E-state index in [1.807, 2.05) is 32.2 Å². The van der Waals surface area contributed by atoms with E-state index in [1.165, 1.54) is 18.3 Å². The molecule has 17 heteroatoms. The van der Waals surface area contributed by atoms with Crippen molar-refractivity contribution in [3.8, 4) is 0 Å². The highest BCUT2D eigenvalue weighted by atomic mass is 32.1. The molecule has 1 aliphatic heterocycles. The maximum absolute atomic E-state index is 13.6. The van der Waals surface area contributed by atoms with Crippen LogP contribution in [0.1, 0.15) is 131 Å². The molecule has 1 aliphatic carbocycles. The molecule has 0 bridgehead atoms. The zero-order valence-electron chi connectivity index (χ0n) is 38.0. The van der Waals surface area contributed by atoms with Crippen molar-refractivity contribution < 1.29 is 19.2 Å². The quantitative estimate of drug-likeness (QED) is 0.0451. The van der Waals surface area contributed by atoms with Crippen LogP contribution < -0.4 is 31.7 Å². The van der Waals surface area contributed by atoms with Crippen LogP contribution in [0.2, 0.25) is 0 Å². The number of thiazole rings is 1. The van der Waals surface area contributed by atoms with Gasteiger partial charge in [-0.15, -0.1) is 11.3 Å². The number of Topliss-reactive ketones (excluding diaryl/α,β-unsaturated/α-hetero) is 1. The van der Waals surface area contributed by atoms with Gasteiger partial charge in [-0.2, -0.15) is 4.98 Å². The Kier molecular flexibility index (Phi) is 16.0. The van der Waals surface area contributed by atoms with Crippen LogP contribution in [0.15, 0.2) is 53.7 Å². The first kappa shape index (κ1) is 46.9. The second-order valence-corrected chi connectivity index (χ2v) is 18.5. The monoisotopic (exact) mass is 903 g/mol. The summed E-state index contributed by atoms with van der Waals surface area (Å²) < 4.78 is 1.71. The molecule has 0 atom stereocenters. The lowest BCUT2D eigenvalue weighted by atomic mass is 10.0. The van der Waals surface area contributed by atoms with Gasteiger partial charge >= 0.3 is 0 Å². The second kappa shape index (κ2) is 22.2. The SMILES string of the molecule is CC(=O)c1c(C)c2cnc(Nc3ccc(N4CCN(CC(=O)NCCCCCCCCCNC(=O)c5ccc(C(=O)Nc6ncc(C)s6)c(C)c5)CC4)cn3)nc2n(C2CCCC2)c1=O. The van der Waals surface area contributed by atoms with Crippen LogP contribution in [-0.2, 0) is 4.79 Å². The van der Waals surface area contributed by atoms with Crippen molar-refractivity contribution in [2.75, 3.05) is 61.3 Å². The van der Waals surface area contributed by atoms with Gasteiger partial charge in [0.05, 0.1) is 24.0 Å². The number of hydrogen-bond donors (Lipinski definition) is 4. The maximum Gasteiger partial charge on any atom is 0.263 e. The molecule has 344 valence electrons.